The second-order valence-corrected chi connectivity index (χ2v) is 14.0. The summed E-state index contributed by atoms with van der Waals surface area (Å²) in [4.78, 5) is 41.1. The van der Waals surface area contributed by atoms with Crippen LogP contribution in [0.1, 0.15) is 52.5 Å². The number of fused-ring (bicyclic) bond motifs is 1. The zero-order valence-corrected chi connectivity index (χ0v) is 28.5. The Morgan fingerprint density at radius 1 is 0.917 bits per heavy atom. The Hall–Kier alpha value is -4.16. The number of hydrogen-bond donors (Lipinski definition) is 2. The van der Waals surface area contributed by atoms with Gasteiger partial charge in [0.2, 0.25) is 0 Å². The van der Waals surface area contributed by atoms with Gasteiger partial charge >= 0.3 is 5.97 Å². The molecule has 1 unspecified atom stereocenters. The third kappa shape index (κ3) is 7.60. The number of carboxylic acids is 1. The van der Waals surface area contributed by atoms with Gasteiger partial charge in [-0.2, -0.15) is 0 Å². The number of carboxylic acid groups (broad SMARTS) is 1. The lowest BCUT2D eigenvalue weighted by atomic mass is 10.0. The minimum atomic E-state index is -4.53. The van der Waals surface area contributed by atoms with Gasteiger partial charge in [0.15, 0.2) is 0 Å². The Balaban J connectivity index is 1.53. The van der Waals surface area contributed by atoms with E-state index in [4.69, 9.17) is 27.9 Å². The van der Waals surface area contributed by atoms with E-state index in [1.807, 2.05) is 6.92 Å². The zero-order valence-electron chi connectivity index (χ0n) is 26.2. The van der Waals surface area contributed by atoms with Crippen molar-refractivity contribution in [3.8, 4) is 0 Å². The molecule has 0 spiro atoms. The number of anilines is 1. The van der Waals surface area contributed by atoms with Gasteiger partial charge < -0.3 is 20.1 Å². The summed E-state index contributed by atoms with van der Waals surface area (Å²) >= 11 is 12.3. The number of hydrogen-bond acceptors (Lipinski definition) is 6. The number of morpholine rings is 1. The van der Waals surface area contributed by atoms with E-state index < -0.39 is 27.9 Å². The summed E-state index contributed by atoms with van der Waals surface area (Å²) in [6, 6.07) is 19.1. The van der Waals surface area contributed by atoms with Gasteiger partial charge in [0, 0.05) is 46.2 Å². The summed E-state index contributed by atoms with van der Waals surface area (Å²) in [6.45, 7) is 3.84. The molecule has 0 aliphatic carbocycles. The number of carbonyl (C=O) groups excluding carboxylic acids is 2. The smallest absolute Gasteiger partial charge is 0.327 e. The molecular weight excluding hydrogens is 677 g/mol. The molecule has 4 aromatic rings. The van der Waals surface area contributed by atoms with Crippen molar-refractivity contribution in [2.24, 2.45) is 0 Å². The molecule has 252 valence electrons. The van der Waals surface area contributed by atoms with E-state index in [9.17, 15) is 27.9 Å². The molecule has 1 fully saturated rings. The van der Waals surface area contributed by atoms with Gasteiger partial charge in [-0.05, 0) is 53.8 Å². The molecule has 1 heterocycles. The Morgan fingerprint density at radius 3 is 2.25 bits per heavy atom. The van der Waals surface area contributed by atoms with Gasteiger partial charge in [0.1, 0.15) is 6.04 Å². The maximum absolute atomic E-state index is 14.3. The molecule has 5 rings (SSSR count). The van der Waals surface area contributed by atoms with Crippen molar-refractivity contribution in [1.82, 2.24) is 10.2 Å². The van der Waals surface area contributed by atoms with Crippen molar-refractivity contribution in [3.63, 3.8) is 0 Å². The quantitative estimate of drug-likeness (QED) is 0.174. The molecule has 10 nitrogen and oxygen atoms in total. The summed E-state index contributed by atoms with van der Waals surface area (Å²) in [5.41, 5.74) is 1.45. The van der Waals surface area contributed by atoms with Crippen molar-refractivity contribution in [2.45, 2.75) is 43.7 Å². The van der Waals surface area contributed by atoms with Crippen molar-refractivity contribution >= 4 is 67.5 Å². The number of halogens is 2. The third-order valence-electron chi connectivity index (χ3n) is 8.16. The van der Waals surface area contributed by atoms with Crippen LogP contribution in [0.2, 0.25) is 10.0 Å². The molecule has 48 heavy (non-hydrogen) atoms. The van der Waals surface area contributed by atoms with Crippen LogP contribution in [0.4, 0.5) is 5.69 Å². The molecule has 0 saturated carbocycles. The molecule has 0 aromatic heterocycles. The predicted molar refractivity (Wildman–Crippen MR) is 185 cm³/mol. The summed E-state index contributed by atoms with van der Waals surface area (Å²) in [6.07, 6.45) is 1.13. The zero-order chi connectivity index (χ0) is 34.4. The monoisotopic (exact) mass is 711 g/mol. The fourth-order valence-electron chi connectivity index (χ4n) is 5.77. The Kier molecular flexibility index (Phi) is 11.3. The first-order chi connectivity index (χ1) is 23.0. The lowest BCUT2D eigenvalue weighted by molar-refractivity contribution is -0.138. The number of sulfonamides is 1. The topological polar surface area (TPSA) is 133 Å². The number of ether oxygens (including phenoxy) is 1. The van der Waals surface area contributed by atoms with Gasteiger partial charge in [-0.15, -0.1) is 0 Å². The molecule has 0 radical (unpaired) electrons. The lowest BCUT2D eigenvalue weighted by Gasteiger charge is -2.31. The first kappa shape index (κ1) is 35.2. The Morgan fingerprint density at radius 2 is 1.56 bits per heavy atom. The van der Waals surface area contributed by atoms with Gasteiger partial charge in [-0.1, -0.05) is 85.4 Å². The molecule has 1 saturated heterocycles. The number of unbranched alkanes of at least 4 members (excludes halogenated alkanes) is 1. The van der Waals surface area contributed by atoms with Crippen LogP contribution in [0.25, 0.3) is 10.8 Å². The van der Waals surface area contributed by atoms with Crippen molar-refractivity contribution in [1.29, 1.82) is 0 Å². The number of benzene rings is 4. The first-order valence-electron chi connectivity index (χ1n) is 15.5. The highest BCUT2D eigenvalue weighted by molar-refractivity contribution is 7.93. The van der Waals surface area contributed by atoms with E-state index in [2.05, 4.69) is 5.32 Å². The van der Waals surface area contributed by atoms with Crippen LogP contribution in [0.15, 0.2) is 83.8 Å². The highest BCUT2D eigenvalue weighted by atomic mass is 35.5. The molecule has 1 aliphatic rings. The van der Waals surface area contributed by atoms with Crippen molar-refractivity contribution < 1.29 is 32.6 Å². The molecule has 4 aromatic carbocycles. The van der Waals surface area contributed by atoms with Gasteiger partial charge in [0.25, 0.3) is 21.8 Å². The first-order valence-corrected chi connectivity index (χ1v) is 17.7. The lowest BCUT2D eigenvalue weighted by Crippen LogP contribution is -2.45. The highest BCUT2D eigenvalue weighted by Gasteiger charge is 2.37. The van der Waals surface area contributed by atoms with Crippen LogP contribution >= 0.6 is 23.2 Å². The largest absolute Gasteiger partial charge is 0.480 e. The van der Waals surface area contributed by atoms with Crippen LogP contribution in [0.3, 0.4) is 0 Å². The predicted octanol–water partition coefficient (Wildman–Crippen LogP) is 6.39. The molecule has 2 N–H and O–H groups in total. The van der Waals surface area contributed by atoms with Crippen LogP contribution in [-0.4, -0.2) is 68.6 Å². The average molecular weight is 713 g/mol. The van der Waals surface area contributed by atoms with E-state index in [0.717, 1.165) is 4.31 Å². The van der Waals surface area contributed by atoms with Gasteiger partial charge in [-0.25, -0.2) is 13.2 Å². The number of nitrogens with one attached hydrogen (secondary N) is 1. The maximum Gasteiger partial charge on any atom is 0.327 e. The second kappa shape index (κ2) is 15.4. The van der Waals surface area contributed by atoms with E-state index in [0.29, 0.717) is 61.0 Å². The highest BCUT2D eigenvalue weighted by Crippen LogP contribution is 2.36. The third-order valence-corrected chi connectivity index (χ3v) is 10.4. The van der Waals surface area contributed by atoms with Gasteiger partial charge in [0.05, 0.1) is 23.8 Å². The summed E-state index contributed by atoms with van der Waals surface area (Å²) in [7, 11) is -4.53. The van der Waals surface area contributed by atoms with Crippen molar-refractivity contribution in [2.75, 3.05) is 30.6 Å². The SMILES string of the molecule is CCCCC(C(=O)O)N(c1cccc2c(C(=O)NCc3ccccc3C(=O)N3CCOCC3)cccc12)S(=O)(=O)c1cc(Cl)cc(Cl)c1. The van der Waals surface area contributed by atoms with Crippen LogP contribution in [0, 0.1) is 0 Å². The molecule has 1 atom stereocenters. The van der Waals surface area contributed by atoms with Crippen LogP contribution < -0.4 is 9.62 Å². The summed E-state index contributed by atoms with van der Waals surface area (Å²) in [5.74, 6) is -1.92. The van der Waals surface area contributed by atoms with Crippen molar-refractivity contribution in [3.05, 3.63) is 106 Å². The number of aliphatic carboxylic acids is 1. The molecule has 13 heteroatoms. The van der Waals surface area contributed by atoms with E-state index in [-0.39, 0.29) is 45.1 Å². The average Bonchev–Trinajstić information content (AvgIpc) is 3.08. The van der Waals surface area contributed by atoms with Gasteiger partial charge in [-0.3, -0.25) is 13.9 Å². The maximum atomic E-state index is 14.3. The van der Waals surface area contributed by atoms with Crippen LogP contribution in [0.5, 0.6) is 0 Å². The number of carbonyl (C=O) groups is 3. The van der Waals surface area contributed by atoms with E-state index in [1.54, 1.807) is 59.5 Å². The second-order valence-electron chi connectivity index (χ2n) is 11.3. The van der Waals surface area contributed by atoms with Crippen LogP contribution in [-0.2, 0) is 26.1 Å². The summed E-state index contributed by atoms with van der Waals surface area (Å²) in [5, 5.41) is 14.2. The molecule has 2 amide bonds. The minimum Gasteiger partial charge on any atom is -0.480 e. The van der Waals surface area contributed by atoms with E-state index >= 15 is 0 Å². The fourth-order valence-corrected chi connectivity index (χ4v) is 8.15. The number of rotatable bonds is 12. The molecule has 0 bridgehead atoms. The van der Waals surface area contributed by atoms with E-state index in [1.165, 1.54) is 24.3 Å². The Labute approximate surface area is 289 Å². The fraction of sp³-hybridized carbons (Fsp3) is 0.286. The number of nitrogens with zero attached hydrogens (tertiary/aromatic N) is 2. The molecule has 1 aliphatic heterocycles. The Bertz CT molecular complexity index is 1930. The molecular formula is C35H35Cl2N3O7S. The normalized spacial score (nSPS) is 14.0. The standard InChI is InChI=1S/C35H35Cl2N3O7S/c1-2-3-13-32(35(43)44)40(48(45,46)26-20-24(36)19-25(37)21-26)31-14-7-10-28-29(31)11-6-12-30(28)33(41)38-22-23-8-4-5-9-27(23)34(42)39-15-17-47-18-16-39/h4-12,14,19-21,32H,2-3,13,15-18,22H2,1H3,(H,38,41)(H,43,44). The summed E-state index contributed by atoms with van der Waals surface area (Å²) < 4.78 is 34.9. The minimum absolute atomic E-state index is 0.0402. The number of amides is 2.